The van der Waals surface area contributed by atoms with Gasteiger partial charge in [-0.1, -0.05) is 17.7 Å². The Kier molecular flexibility index (Phi) is 4.51. The number of carbonyl (C=O) groups is 2. The minimum absolute atomic E-state index is 0.0145. The fraction of sp³-hybridized carbons (Fsp3) is 0.333. The summed E-state index contributed by atoms with van der Waals surface area (Å²) in [5.41, 5.74) is 1.59. The fourth-order valence-corrected chi connectivity index (χ4v) is 1.31. The van der Waals surface area contributed by atoms with Gasteiger partial charge in [-0.2, -0.15) is 0 Å². The number of amides is 2. The molecule has 0 atom stereocenters. The van der Waals surface area contributed by atoms with E-state index >= 15 is 0 Å². The zero-order valence-corrected chi connectivity index (χ0v) is 9.54. The van der Waals surface area contributed by atoms with Crippen LogP contribution in [0.15, 0.2) is 24.3 Å². The molecule has 16 heavy (non-hydrogen) atoms. The zero-order chi connectivity index (χ0) is 12.0. The van der Waals surface area contributed by atoms with Crippen LogP contribution in [0.1, 0.15) is 22.8 Å². The maximum Gasteiger partial charge on any atom is 0.251 e. The van der Waals surface area contributed by atoms with Crippen molar-refractivity contribution in [1.82, 2.24) is 10.6 Å². The summed E-state index contributed by atoms with van der Waals surface area (Å²) in [4.78, 5) is 22.7. The van der Waals surface area contributed by atoms with Crippen molar-refractivity contribution < 1.29 is 9.59 Å². The smallest absolute Gasteiger partial charge is 0.251 e. The second-order valence-electron chi connectivity index (χ2n) is 3.51. The monoisotopic (exact) mass is 220 g/mol. The van der Waals surface area contributed by atoms with E-state index in [0.717, 1.165) is 5.56 Å². The van der Waals surface area contributed by atoms with E-state index < -0.39 is 0 Å². The number of likely N-dealkylation sites (N-methyl/N-ethyl adjacent to an activating group) is 1. The number of carbonyl (C=O) groups excluding carboxylic acids is 2. The van der Waals surface area contributed by atoms with Gasteiger partial charge in [0.2, 0.25) is 5.91 Å². The lowest BCUT2D eigenvalue weighted by atomic mass is 10.1. The van der Waals surface area contributed by atoms with Crippen molar-refractivity contribution >= 4 is 11.8 Å². The largest absolute Gasteiger partial charge is 0.355 e. The van der Waals surface area contributed by atoms with Gasteiger partial charge in [-0.25, -0.2) is 0 Å². The van der Waals surface area contributed by atoms with Gasteiger partial charge in [-0.3, -0.25) is 9.59 Å². The maximum atomic E-state index is 11.6. The van der Waals surface area contributed by atoms with Gasteiger partial charge in [0.15, 0.2) is 0 Å². The van der Waals surface area contributed by atoms with Gasteiger partial charge < -0.3 is 10.6 Å². The van der Waals surface area contributed by atoms with Crippen LogP contribution in [0, 0.1) is 6.92 Å². The van der Waals surface area contributed by atoms with Gasteiger partial charge in [0, 0.05) is 12.1 Å². The highest BCUT2D eigenvalue weighted by molar-refractivity contribution is 5.96. The van der Waals surface area contributed by atoms with Crippen LogP contribution in [0.5, 0.6) is 0 Å². The van der Waals surface area contributed by atoms with Crippen molar-refractivity contribution in [3.63, 3.8) is 0 Å². The molecule has 0 spiro atoms. The third kappa shape index (κ3) is 3.73. The van der Waals surface area contributed by atoms with E-state index in [1.165, 1.54) is 0 Å². The first-order valence-corrected chi connectivity index (χ1v) is 5.25. The molecule has 1 aromatic rings. The van der Waals surface area contributed by atoms with Crippen LogP contribution >= 0.6 is 0 Å². The van der Waals surface area contributed by atoms with Gasteiger partial charge >= 0.3 is 0 Å². The Balaban J connectivity index is 2.50. The van der Waals surface area contributed by atoms with E-state index in [9.17, 15) is 9.59 Å². The lowest BCUT2D eigenvalue weighted by Crippen LogP contribution is -2.36. The Bertz CT molecular complexity index is 388. The van der Waals surface area contributed by atoms with Gasteiger partial charge in [0.25, 0.3) is 5.91 Å². The summed E-state index contributed by atoms with van der Waals surface area (Å²) in [5.74, 6) is -0.404. The van der Waals surface area contributed by atoms with E-state index in [1.807, 2.05) is 26.0 Å². The highest BCUT2D eigenvalue weighted by Gasteiger charge is 2.06. The van der Waals surface area contributed by atoms with Gasteiger partial charge in [0.05, 0.1) is 6.54 Å². The highest BCUT2D eigenvalue weighted by atomic mass is 16.2. The molecule has 1 aromatic carbocycles. The maximum absolute atomic E-state index is 11.6. The van der Waals surface area contributed by atoms with E-state index in [-0.39, 0.29) is 18.4 Å². The minimum atomic E-state index is -0.227. The molecule has 2 N–H and O–H groups in total. The Morgan fingerprint density at radius 3 is 2.62 bits per heavy atom. The molecule has 4 nitrogen and oxygen atoms in total. The second-order valence-corrected chi connectivity index (χ2v) is 3.51. The number of hydrogen-bond donors (Lipinski definition) is 2. The second kappa shape index (κ2) is 5.90. The molecule has 0 radical (unpaired) electrons. The molecule has 0 aliphatic heterocycles. The predicted molar refractivity (Wildman–Crippen MR) is 62.2 cm³/mol. The van der Waals surface area contributed by atoms with Crippen LogP contribution in [0.2, 0.25) is 0 Å². The Morgan fingerprint density at radius 1 is 1.25 bits per heavy atom. The van der Waals surface area contributed by atoms with Crippen LogP contribution in [0.4, 0.5) is 0 Å². The van der Waals surface area contributed by atoms with E-state index in [4.69, 9.17) is 0 Å². The molecule has 0 fully saturated rings. The molecule has 0 unspecified atom stereocenters. The fourth-order valence-electron chi connectivity index (χ4n) is 1.31. The number of rotatable bonds is 4. The number of nitrogens with one attached hydrogen (secondary N) is 2. The third-order valence-electron chi connectivity index (χ3n) is 2.06. The lowest BCUT2D eigenvalue weighted by Gasteiger charge is -2.05. The van der Waals surface area contributed by atoms with Crippen molar-refractivity contribution in [1.29, 1.82) is 0 Å². The number of benzene rings is 1. The average Bonchev–Trinajstić information content (AvgIpc) is 2.26. The first-order chi connectivity index (χ1) is 7.63. The lowest BCUT2D eigenvalue weighted by molar-refractivity contribution is -0.120. The Morgan fingerprint density at radius 2 is 2.00 bits per heavy atom. The predicted octanol–water partition coefficient (Wildman–Crippen LogP) is 0.861. The molecule has 0 saturated heterocycles. The molecule has 0 bridgehead atoms. The van der Waals surface area contributed by atoms with Crippen LogP contribution in [0.3, 0.4) is 0 Å². The third-order valence-corrected chi connectivity index (χ3v) is 2.06. The Hall–Kier alpha value is -1.84. The number of hydrogen-bond acceptors (Lipinski definition) is 2. The van der Waals surface area contributed by atoms with Crippen molar-refractivity contribution in [3.8, 4) is 0 Å². The first-order valence-electron chi connectivity index (χ1n) is 5.25. The zero-order valence-electron chi connectivity index (χ0n) is 9.54. The molecule has 0 saturated carbocycles. The Labute approximate surface area is 95.0 Å². The topological polar surface area (TPSA) is 58.2 Å². The summed E-state index contributed by atoms with van der Waals surface area (Å²) in [7, 11) is 0. The molecule has 0 aliphatic carbocycles. The minimum Gasteiger partial charge on any atom is -0.355 e. The van der Waals surface area contributed by atoms with Crippen molar-refractivity contribution in [3.05, 3.63) is 35.4 Å². The van der Waals surface area contributed by atoms with Crippen molar-refractivity contribution in [2.24, 2.45) is 0 Å². The molecule has 4 heteroatoms. The highest BCUT2D eigenvalue weighted by Crippen LogP contribution is 2.03. The molecule has 0 aromatic heterocycles. The average molecular weight is 220 g/mol. The summed E-state index contributed by atoms with van der Waals surface area (Å²) in [5, 5.41) is 5.17. The van der Waals surface area contributed by atoms with Gasteiger partial charge in [-0.15, -0.1) is 0 Å². The van der Waals surface area contributed by atoms with Gasteiger partial charge in [-0.05, 0) is 26.0 Å². The van der Waals surface area contributed by atoms with Crippen LogP contribution in [-0.4, -0.2) is 24.9 Å². The van der Waals surface area contributed by atoms with E-state index in [2.05, 4.69) is 10.6 Å². The van der Waals surface area contributed by atoms with Crippen molar-refractivity contribution in [2.45, 2.75) is 13.8 Å². The van der Waals surface area contributed by atoms with Crippen LogP contribution in [-0.2, 0) is 4.79 Å². The SMILES string of the molecule is CCNC(=O)CNC(=O)c1cccc(C)c1. The van der Waals surface area contributed by atoms with Crippen molar-refractivity contribution in [2.75, 3.05) is 13.1 Å². The summed E-state index contributed by atoms with van der Waals surface area (Å²) < 4.78 is 0. The molecule has 2 amide bonds. The standard InChI is InChI=1S/C12H16N2O2/c1-3-13-11(15)8-14-12(16)10-6-4-5-9(2)7-10/h4-7H,3,8H2,1-2H3,(H,13,15)(H,14,16). The van der Waals surface area contributed by atoms with Gasteiger partial charge in [0.1, 0.15) is 0 Å². The molecule has 1 rings (SSSR count). The molecular formula is C12H16N2O2. The van der Waals surface area contributed by atoms with E-state index in [0.29, 0.717) is 12.1 Å². The summed E-state index contributed by atoms with van der Waals surface area (Å²) in [6.45, 7) is 4.33. The van der Waals surface area contributed by atoms with E-state index in [1.54, 1.807) is 12.1 Å². The van der Waals surface area contributed by atoms with Crippen LogP contribution < -0.4 is 10.6 Å². The quantitative estimate of drug-likeness (QED) is 0.790. The first kappa shape index (κ1) is 12.2. The molecule has 0 aliphatic rings. The molecule has 86 valence electrons. The van der Waals surface area contributed by atoms with Crippen LogP contribution in [0.25, 0.3) is 0 Å². The summed E-state index contributed by atoms with van der Waals surface area (Å²) >= 11 is 0. The summed E-state index contributed by atoms with van der Waals surface area (Å²) in [6.07, 6.45) is 0. The number of aryl methyl sites for hydroxylation is 1. The molecular weight excluding hydrogens is 204 g/mol. The summed E-state index contributed by atoms with van der Waals surface area (Å²) in [6, 6.07) is 7.24. The normalized spacial score (nSPS) is 9.62. The molecule has 0 heterocycles.